The lowest BCUT2D eigenvalue weighted by Crippen LogP contribution is -2.21. The average molecular weight is 399 g/mol. The normalized spacial score (nSPS) is 10.8. The molecule has 29 heavy (non-hydrogen) atoms. The van der Waals surface area contributed by atoms with E-state index in [4.69, 9.17) is 14.2 Å². The second-order valence-corrected chi connectivity index (χ2v) is 6.07. The molecule has 0 atom stereocenters. The van der Waals surface area contributed by atoms with Crippen molar-refractivity contribution >= 4 is 23.2 Å². The number of hydrogen-bond acceptors (Lipinski definition) is 6. The zero-order valence-electron chi connectivity index (χ0n) is 16.9. The number of hydrazone groups is 1. The molecule has 0 saturated carbocycles. The molecule has 0 aromatic heterocycles. The molecule has 0 aliphatic heterocycles. The number of nitrogens with zero attached hydrogens (tertiary/aromatic N) is 1. The lowest BCUT2D eigenvalue weighted by molar-refractivity contribution is -0.115. The summed E-state index contributed by atoms with van der Waals surface area (Å²) in [6, 6.07) is 11.9. The highest BCUT2D eigenvalue weighted by molar-refractivity contribution is 6.06. The average Bonchev–Trinajstić information content (AvgIpc) is 2.73. The van der Waals surface area contributed by atoms with Crippen LogP contribution in [-0.4, -0.2) is 38.4 Å². The van der Waals surface area contributed by atoms with Crippen LogP contribution in [0.1, 0.15) is 30.6 Å². The minimum Gasteiger partial charge on any atom is -0.497 e. The van der Waals surface area contributed by atoms with Crippen LogP contribution in [-0.2, 0) is 4.79 Å². The largest absolute Gasteiger partial charge is 0.497 e. The van der Waals surface area contributed by atoms with Gasteiger partial charge in [0.15, 0.2) is 0 Å². The molecule has 154 valence electrons. The maximum absolute atomic E-state index is 12.3. The molecule has 0 aliphatic rings. The fraction of sp³-hybridized carbons (Fsp3) is 0.286. The molecular weight excluding hydrogens is 374 g/mol. The Morgan fingerprint density at radius 2 is 1.59 bits per heavy atom. The Balaban J connectivity index is 1.92. The van der Waals surface area contributed by atoms with Crippen molar-refractivity contribution in [3.63, 3.8) is 0 Å². The predicted octanol–water partition coefficient (Wildman–Crippen LogP) is 3.24. The highest BCUT2D eigenvalue weighted by Crippen LogP contribution is 2.22. The zero-order chi connectivity index (χ0) is 21.2. The number of rotatable bonds is 9. The van der Waals surface area contributed by atoms with Gasteiger partial charge in [0, 0.05) is 23.0 Å². The monoisotopic (exact) mass is 399 g/mol. The van der Waals surface area contributed by atoms with E-state index in [0.717, 1.165) is 5.75 Å². The summed E-state index contributed by atoms with van der Waals surface area (Å²) in [5.41, 5.74) is 3.87. The first-order chi connectivity index (χ1) is 13.9. The van der Waals surface area contributed by atoms with Crippen molar-refractivity contribution in [2.75, 3.05) is 26.1 Å². The van der Waals surface area contributed by atoms with Gasteiger partial charge in [0.05, 0.1) is 27.2 Å². The van der Waals surface area contributed by atoms with Gasteiger partial charge in [-0.2, -0.15) is 5.10 Å². The standard InChI is InChI=1S/C21H25N3O5/c1-5-29-17-8-6-16(7-9-17)22-20(25)10-14(2)23-24-21(26)15-11-18(27-3)13-19(12-15)28-4/h6-9,11-13H,5,10H2,1-4H3,(H,22,25)(H,24,26). The summed E-state index contributed by atoms with van der Waals surface area (Å²) in [5, 5.41) is 6.76. The predicted molar refractivity (Wildman–Crippen MR) is 111 cm³/mol. The molecule has 2 aromatic carbocycles. The van der Waals surface area contributed by atoms with Crippen molar-refractivity contribution in [3.05, 3.63) is 48.0 Å². The van der Waals surface area contributed by atoms with Crippen LogP contribution in [0, 0.1) is 0 Å². The first-order valence-electron chi connectivity index (χ1n) is 9.04. The molecule has 0 bridgehead atoms. The summed E-state index contributed by atoms with van der Waals surface area (Å²) in [4.78, 5) is 24.5. The van der Waals surface area contributed by atoms with Crippen molar-refractivity contribution in [3.8, 4) is 17.2 Å². The quantitative estimate of drug-likeness (QED) is 0.498. The molecule has 2 amide bonds. The molecule has 8 heteroatoms. The van der Waals surface area contributed by atoms with Gasteiger partial charge in [-0.1, -0.05) is 0 Å². The van der Waals surface area contributed by atoms with E-state index in [1.54, 1.807) is 49.4 Å². The Hall–Kier alpha value is -3.55. The van der Waals surface area contributed by atoms with Crippen LogP contribution in [0.25, 0.3) is 0 Å². The minimum atomic E-state index is -0.437. The van der Waals surface area contributed by atoms with Gasteiger partial charge in [-0.3, -0.25) is 9.59 Å². The molecule has 2 aromatic rings. The van der Waals surface area contributed by atoms with Crippen LogP contribution in [0.15, 0.2) is 47.6 Å². The van der Waals surface area contributed by atoms with E-state index in [1.165, 1.54) is 14.2 Å². The third kappa shape index (κ3) is 6.84. The SMILES string of the molecule is CCOc1ccc(NC(=O)CC(C)=NNC(=O)c2cc(OC)cc(OC)c2)cc1. The summed E-state index contributed by atoms with van der Waals surface area (Å²) in [6.45, 7) is 4.14. The third-order valence-electron chi connectivity index (χ3n) is 3.83. The van der Waals surface area contributed by atoms with Crippen LogP contribution >= 0.6 is 0 Å². The van der Waals surface area contributed by atoms with Crippen LogP contribution < -0.4 is 25.0 Å². The summed E-state index contributed by atoms with van der Waals surface area (Å²) < 4.78 is 15.7. The van der Waals surface area contributed by atoms with E-state index in [2.05, 4.69) is 15.8 Å². The zero-order valence-corrected chi connectivity index (χ0v) is 16.9. The van der Waals surface area contributed by atoms with Crippen molar-refractivity contribution in [1.29, 1.82) is 0 Å². The van der Waals surface area contributed by atoms with E-state index < -0.39 is 5.91 Å². The van der Waals surface area contributed by atoms with E-state index in [1.807, 2.05) is 6.92 Å². The van der Waals surface area contributed by atoms with Crippen molar-refractivity contribution in [2.24, 2.45) is 5.10 Å². The fourth-order valence-electron chi connectivity index (χ4n) is 2.43. The molecule has 0 spiro atoms. The van der Waals surface area contributed by atoms with Gasteiger partial charge in [0.2, 0.25) is 5.91 Å². The molecule has 8 nitrogen and oxygen atoms in total. The highest BCUT2D eigenvalue weighted by atomic mass is 16.5. The van der Waals surface area contributed by atoms with Crippen LogP contribution in [0.5, 0.6) is 17.2 Å². The van der Waals surface area contributed by atoms with Gasteiger partial charge < -0.3 is 19.5 Å². The lowest BCUT2D eigenvalue weighted by atomic mass is 10.2. The van der Waals surface area contributed by atoms with E-state index >= 15 is 0 Å². The number of carbonyl (C=O) groups excluding carboxylic acids is 2. The number of carbonyl (C=O) groups is 2. The van der Waals surface area contributed by atoms with Gasteiger partial charge in [0.25, 0.3) is 5.91 Å². The summed E-state index contributed by atoms with van der Waals surface area (Å²) in [5.74, 6) is 1.04. The smallest absolute Gasteiger partial charge is 0.271 e. The molecule has 0 radical (unpaired) electrons. The number of nitrogens with one attached hydrogen (secondary N) is 2. The summed E-state index contributed by atoms with van der Waals surface area (Å²) in [6.07, 6.45) is 0.0366. The molecule has 2 N–H and O–H groups in total. The van der Waals surface area contributed by atoms with Crippen LogP contribution in [0.2, 0.25) is 0 Å². The minimum absolute atomic E-state index is 0.0366. The molecule has 0 aliphatic carbocycles. The number of anilines is 1. The summed E-state index contributed by atoms with van der Waals surface area (Å²) >= 11 is 0. The second kappa shape index (κ2) is 10.7. The number of methoxy groups -OCH3 is 2. The Labute approximate surface area is 169 Å². The molecule has 0 fully saturated rings. The topological polar surface area (TPSA) is 98.2 Å². The molecule has 0 saturated heterocycles. The van der Waals surface area contributed by atoms with E-state index in [9.17, 15) is 9.59 Å². The Bertz CT molecular complexity index is 856. The van der Waals surface area contributed by atoms with Crippen LogP contribution in [0.3, 0.4) is 0 Å². The van der Waals surface area contributed by atoms with E-state index in [0.29, 0.717) is 35.1 Å². The van der Waals surface area contributed by atoms with Crippen LogP contribution in [0.4, 0.5) is 5.69 Å². The first-order valence-corrected chi connectivity index (χ1v) is 9.04. The van der Waals surface area contributed by atoms with Gasteiger partial charge in [-0.25, -0.2) is 5.43 Å². The second-order valence-electron chi connectivity index (χ2n) is 6.07. The third-order valence-corrected chi connectivity index (χ3v) is 3.83. The Morgan fingerprint density at radius 1 is 0.966 bits per heavy atom. The number of hydrogen-bond donors (Lipinski definition) is 2. The number of benzene rings is 2. The molecule has 2 rings (SSSR count). The van der Waals surface area contributed by atoms with Crippen molar-refractivity contribution in [2.45, 2.75) is 20.3 Å². The molecule has 0 heterocycles. The van der Waals surface area contributed by atoms with Gasteiger partial charge >= 0.3 is 0 Å². The highest BCUT2D eigenvalue weighted by Gasteiger charge is 2.10. The molecular formula is C21H25N3O5. The first kappa shape index (κ1) is 21.7. The van der Waals surface area contributed by atoms with E-state index in [-0.39, 0.29) is 12.3 Å². The number of amides is 2. The number of ether oxygens (including phenoxy) is 3. The maximum Gasteiger partial charge on any atom is 0.271 e. The van der Waals surface area contributed by atoms with Gasteiger partial charge in [-0.15, -0.1) is 0 Å². The maximum atomic E-state index is 12.3. The van der Waals surface area contributed by atoms with Gasteiger partial charge in [0.1, 0.15) is 17.2 Å². The van der Waals surface area contributed by atoms with Crippen molar-refractivity contribution < 1.29 is 23.8 Å². The summed E-state index contributed by atoms with van der Waals surface area (Å²) in [7, 11) is 3.00. The molecule has 0 unspecified atom stereocenters. The Morgan fingerprint density at radius 3 is 2.14 bits per heavy atom. The Kier molecular flexibility index (Phi) is 8.02. The van der Waals surface area contributed by atoms with Gasteiger partial charge in [-0.05, 0) is 50.2 Å². The lowest BCUT2D eigenvalue weighted by Gasteiger charge is -2.08. The van der Waals surface area contributed by atoms with Crippen molar-refractivity contribution in [1.82, 2.24) is 5.43 Å². The fourth-order valence-corrected chi connectivity index (χ4v) is 2.43.